The second kappa shape index (κ2) is 8.13. The van der Waals surface area contributed by atoms with E-state index >= 15 is 0 Å². The second-order valence-electron chi connectivity index (χ2n) is 6.38. The van der Waals surface area contributed by atoms with Gasteiger partial charge in [-0.25, -0.2) is 0 Å². The molecule has 0 saturated carbocycles. The summed E-state index contributed by atoms with van der Waals surface area (Å²) in [5, 5.41) is 13.2. The van der Waals surface area contributed by atoms with E-state index in [9.17, 15) is 5.11 Å². The molecule has 108 valence electrons. The second-order valence-corrected chi connectivity index (χ2v) is 6.38. The van der Waals surface area contributed by atoms with Gasteiger partial charge in [0, 0.05) is 31.2 Å². The van der Waals surface area contributed by atoms with Crippen LogP contribution in [0.15, 0.2) is 0 Å². The van der Waals surface area contributed by atoms with Crippen LogP contribution in [-0.2, 0) is 4.74 Å². The molecule has 2 N–H and O–H groups in total. The smallest absolute Gasteiger partial charge is 0.0501 e. The highest BCUT2D eigenvalue weighted by molar-refractivity contribution is 4.84. The van der Waals surface area contributed by atoms with Crippen molar-refractivity contribution >= 4 is 0 Å². The van der Waals surface area contributed by atoms with Crippen molar-refractivity contribution in [1.82, 2.24) is 5.32 Å². The molecule has 0 amide bonds. The van der Waals surface area contributed by atoms with E-state index in [1.54, 1.807) is 0 Å². The predicted molar refractivity (Wildman–Crippen MR) is 75.7 cm³/mol. The maximum absolute atomic E-state index is 9.61. The fourth-order valence-corrected chi connectivity index (χ4v) is 2.52. The summed E-state index contributed by atoms with van der Waals surface area (Å²) >= 11 is 0. The molecule has 0 radical (unpaired) electrons. The largest absolute Gasteiger partial charge is 0.396 e. The number of hydrogen-bond acceptors (Lipinski definition) is 3. The summed E-state index contributed by atoms with van der Waals surface area (Å²) in [6, 6.07) is 0.551. The van der Waals surface area contributed by atoms with Crippen LogP contribution in [0.2, 0.25) is 0 Å². The molecule has 1 aliphatic rings. The maximum Gasteiger partial charge on any atom is 0.0501 e. The zero-order valence-corrected chi connectivity index (χ0v) is 12.4. The van der Waals surface area contributed by atoms with Crippen LogP contribution in [0.1, 0.15) is 52.9 Å². The Hall–Kier alpha value is -0.120. The van der Waals surface area contributed by atoms with Crippen LogP contribution in [-0.4, -0.2) is 37.5 Å². The van der Waals surface area contributed by atoms with Gasteiger partial charge < -0.3 is 15.2 Å². The summed E-state index contributed by atoms with van der Waals surface area (Å²) < 4.78 is 5.39. The lowest BCUT2D eigenvalue weighted by Crippen LogP contribution is -2.44. The molecule has 0 spiro atoms. The first-order valence-electron chi connectivity index (χ1n) is 7.50. The number of hydrogen-bond donors (Lipinski definition) is 2. The van der Waals surface area contributed by atoms with Gasteiger partial charge in [0.1, 0.15) is 0 Å². The molecule has 1 aliphatic heterocycles. The molecule has 0 aromatic carbocycles. The van der Waals surface area contributed by atoms with Gasteiger partial charge in [0.05, 0.1) is 6.61 Å². The molecule has 3 nitrogen and oxygen atoms in total. The van der Waals surface area contributed by atoms with Gasteiger partial charge in [-0.2, -0.15) is 0 Å². The molecule has 1 unspecified atom stereocenters. The van der Waals surface area contributed by atoms with Crippen LogP contribution >= 0.6 is 0 Å². The number of ether oxygens (including phenoxy) is 1. The highest BCUT2D eigenvalue weighted by atomic mass is 16.5. The fraction of sp³-hybridized carbons (Fsp3) is 1.00. The van der Waals surface area contributed by atoms with Crippen molar-refractivity contribution in [2.24, 2.45) is 11.3 Å². The van der Waals surface area contributed by atoms with Crippen LogP contribution in [0.4, 0.5) is 0 Å². The third-order valence-electron chi connectivity index (χ3n) is 4.13. The summed E-state index contributed by atoms with van der Waals surface area (Å²) in [5.74, 6) is 0.802. The van der Waals surface area contributed by atoms with Crippen LogP contribution < -0.4 is 5.32 Å². The van der Waals surface area contributed by atoms with Crippen molar-refractivity contribution in [2.75, 3.05) is 26.4 Å². The fourth-order valence-electron chi connectivity index (χ4n) is 2.52. The number of aliphatic hydroxyl groups excluding tert-OH is 1. The third-order valence-corrected chi connectivity index (χ3v) is 4.13. The minimum absolute atomic E-state index is 0.0601. The molecule has 0 aromatic heterocycles. The van der Waals surface area contributed by atoms with E-state index in [4.69, 9.17) is 4.74 Å². The van der Waals surface area contributed by atoms with Crippen molar-refractivity contribution in [3.8, 4) is 0 Å². The Balaban J connectivity index is 2.20. The highest BCUT2D eigenvalue weighted by Gasteiger charge is 2.31. The molecule has 1 fully saturated rings. The first-order chi connectivity index (χ1) is 8.58. The van der Waals surface area contributed by atoms with E-state index in [2.05, 4.69) is 26.1 Å². The Labute approximate surface area is 112 Å². The van der Waals surface area contributed by atoms with Crippen LogP contribution in [0.25, 0.3) is 0 Å². The molecule has 0 bridgehead atoms. The monoisotopic (exact) mass is 257 g/mol. The van der Waals surface area contributed by atoms with Crippen LogP contribution in [0.3, 0.4) is 0 Å². The lowest BCUT2D eigenvalue weighted by Gasteiger charge is -2.36. The SMILES string of the molecule is CC(C)CCCC(C)NCC1(CO)CCOCC1. The van der Waals surface area contributed by atoms with Crippen molar-refractivity contribution < 1.29 is 9.84 Å². The number of aliphatic hydroxyl groups is 1. The Morgan fingerprint density at radius 3 is 2.39 bits per heavy atom. The molecule has 1 heterocycles. The van der Waals surface area contributed by atoms with E-state index in [1.165, 1.54) is 19.3 Å². The van der Waals surface area contributed by atoms with Crippen molar-refractivity contribution in [3.05, 3.63) is 0 Å². The molecule has 18 heavy (non-hydrogen) atoms. The van der Waals surface area contributed by atoms with Gasteiger partial charge in [0.15, 0.2) is 0 Å². The number of rotatable bonds is 8. The van der Waals surface area contributed by atoms with Gasteiger partial charge in [-0.15, -0.1) is 0 Å². The normalized spacial score (nSPS) is 21.2. The van der Waals surface area contributed by atoms with Gasteiger partial charge in [-0.3, -0.25) is 0 Å². The molecular formula is C15H31NO2. The average molecular weight is 257 g/mol. The van der Waals surface area contributed by atoms with Crippen molar-refractivity contribution in [1.29, 1.82) is 0 Å². The van der Waals surface area contributed by atoms with Gasteiger partial charge in [0.2, 0.25) is 0 Å². The molecule has 1 atom stereocenters. The summed E-state index contributed by atoms with van der Waals surface area (Å²) in [5.41, 5.74) is 0.0601. The Morgan fingerprint density at radius 2 is 1.83 bits per heavy atom. The third kappa shape index (κ3) is 5.68. The Kier molecular flexibility index (Phi) is 7.20. The first-order valence-corrected chi connectivity index (χ1v) is 7.50. The highest BCUT2D eigenvalue weighted by Crippen LogP contribution is 2.29. The lowest BCUT2D eigenvalue weighted by atomic mass is 9.81. The summed E-state index contributed by atoms with van der Waals surface area (Å²) in [6.07, 6.45) is 5.80. The van der Waals surface area contributed by atoms with E-state index in [-0.39, 0.29) is 12.0 Å². The van der Waals surface area contributed by atoms with Gasteiger partial charge in [-0.1, -0.05) is 26.7 Å². The van der Waals surface area contributed by atoms with Gasteiger partial charge >= 0.3 is 0 Å². The van der Waals surface area contributed by atoms with Gasteiger partial charge in [-0.05, 0) is 32.1 Å². The zero-order valence-electron chi connectivity index (χ0n) is 12.4. The number of nitrogens with one attached hydrogen (secondary N) is 1. The Bertz CT molecular complexity index is 213. The topological polar surface area (TPSA) is 41.5 Å². The van der Waals surface area contributed by atoms with E-state index in [1.807, 2.05) is 0 Å². The molecule has 0 aromatic rings. The minimum Gasteiger partial charge on any atom is -0.396 e. The van der Waals surface area contributed by atoms with E-state index in [0.717, 1.165) is 38.5 Å². The van der Waals surface area contributed by atoms with Crippen molar-refractivity contribution in [3.63, 3.8) is 0 Å². The standard InChI is InChI=1S/C15H31NO2/c1-13(2)5-4-6-14(3)16-11-15(12-17)7-9-18-10-8-15/h13-14,16-17H,4-12H2,1-3H3. The van der Waals surface area contributed by atoms with Crippen molar-refractivity contribution in [2.45, 2.75) is 58.9 Å². The molecular weight excluding hydrogens is 226 g/mol. The lowest BCUT2D eigenvalue weighted by molar-refractivity contribution is -0.0164. The Morgan fingerprint density at radius 1 is 1.17 bits per heavy atom. The molecule has 0 aliphatic carbocycles. The molecule has 1 saturated heterocycles. The summed E-state index contributed by atoms with van der Waals surface area (Å²) in [4.78, 5) is 0. The average Bonchev–Trinajstić information content (AvgIpc) is 2.37. The van der Waals surface area contributed by atoms with E-state index in [0.29, 0.717) is 6.04 Å². The zero-order chi connectivity index (χ0) is 13.4. The minimum atomic E-state index is 0.0601. The summed E-state index contributed by atoms with van der Waals surface area (Å²) in [7, 11) is 0. The quantitative estimate of drug-likeness (QED) is 0.702. The van der Waals surface area contributed by atoms with Crippen LogP contribution in [0, 0.1) is 11.3 Å². The van der Waals surface area contributed by atoms with E-state index < -0.39 is 0 Å². The van der Waals surface area contributed by atoms with Gasteiger partial charge in [0.25, 0.3) is 0 Å². The maximum atomic E-state index is 9.61. The molecule has 1 rings (SSSR count). The molecule has 3 heteroatoms. The first kappa shape index (κ1) is 15.9. The predicted octanol–water partition coefficient (Wildman–Crippen LogP) is 2.58. The summed E-state index contributed by atoms with van der Waals surface area (Å²) in [6.45, 7) is 9.61. The van der Waals surface area contributed by atoms with Crippen LogP contribution in [0.5, 0.6) is 0 Å².